The summed E-state index contributed by atoms with van der Waals surface area (Å²) in [6.07, 6.45) is 0. The molecule has 1 fully saturated rings. The SMILES string of the molecule is CCOCCS(=O)(=O)N1CCNCC1c1cccc(Cl)c1.Cl. The Morgan fingerprint density at radius 3 is 2.91 bits per heavy atom. The Morgan fingerprint density at radius 2 is 2.23 bits per heavy atom. The van der Waals surface area contributed by atoms with Crippen LogP contribution in [0.1, 0.15) is 18.5 Å². The van der Waals surface area contributed by atoms with Crippen molar-refractivity contribution in [2.24, 2.45) is 0 Å². The van der Waals surface area contributed by atoms with Crippen LogP contribution in [-0.2, 0) is 14.8 Å². The minimum atomic E-state index is -3.34. The van der Waals surface area contributed by atoms with E-state index in [0.29, 0.717) is 31.3 Å². The molecule has 1 heterocycles. The monoisotopic (exact) mass is 368 g/mol. The van der Waals surface area contributed by atoms with Gasteiger partial charge in [0.1, 0.15) is 0 Å². The third-order valence-corrected chi connectivity index (χ3v) is 5.54. The van der Waals surface area contributed by atoms with Crippen molar-refractivity contribution in [3.8, 4) is 0 Å². The molecule has 0 amide bonds. The van der Waals surface area contributed by atoms with Gasteiger partial charge in [0.15, 0.2) is 0 Å². The van der Waals surface area contributed by atoms with Gasteiger partial charge >= 0.3 is 0 Å². The molecule has 2 rings (SSSR count). The van der Waals surface area contributed by atoms with Crippen LogP contribution in [0.15, 0.2) is 24.3 Å². The maximum atomic E-state index is 12.5. The molecule has 1 unspecified atom stereocenters. The molecule has 1 N–H and O–H groups in total. The smallest absolute Gasteiger partial charge is 0.217 e. The minimum absolute atomic E-state index is 0. The summed E-state index contributed by atoms with van der Waals surface area (Å²) < 4.78 is 31.8. The first-order valence-electron chi connectivity index (χ1n) is 7.08. The van der Waals surface area contributed by atoms with E-state index in [1.165, 1.54) is 0 Å². The fourth-order valence-corrected chi connectivity index (χ4v) is 4.16. The van der Waals surface area contributed by atoms with Crippen molar-refractivity contribution < 1.29 is 13.2 Å². The second-order valence-electron chi connectivity index (χ2n) is 4.90. The Kier molecular flexibility index (Phi) is 8.10. The highest BCUT2D eigenvalue weighted by atomic mass is 35.5. The van der Waals surface area contributed by atoms with E-state index in [9.17, 15) is 8.42 Å². The highest BCUT2D eigenvalue weighted by molar-refractivity contribution is 7.89. The summed E-state index contributed by atoms with van der Waals surface area (Å²) in [4.78, 5) is 0. The first kappa shape index (κ1) is 19.7. The van der Waals surface area contributed by atoms with E-state index >= 15 is 0 Å². The summed E-state index contributed by atoms with van der Waals surface area (Å²) in [6, 6.07) is 7.15. The number of hydrogen-bond donors (Lipinski definition) is 1. The molecule has 1 aliphatic heterocycles. The van der Waals surface area contributed by atoms with Gasteiger partial charge in [0, 0.05) is 31.3 Å². The van der Waals surface area contributed by atoms with E-state index in [2.05, 4.69) is 5.32 Å². The Balaban J connectivity index is 0.00000242. The molecule has 1 saturated heterocycles. The molecule has 126 valence electrons. The van der Waals surface area contributed by atoms with Crippen molar-refractivity contribution in [1.82, 2.24) is 9.62 Å². The molecule has 1 aromatic carbocycles. The lowest BCUT2D eigenvalue weighted by Gasteiger charge is -2.35. The average molecular weight is 369 g/mol. The van der Waals surface area contributed by atoms with Gasteiger partial charge in [-0.05, 0) is 24.6 Å². The van der Waals surface area contributed by atoms with E-state index < -0.39 is 10.0 Å². The van der Waals surface area contributed by atoms with Crippen LogP contribution in [0.4, 0.5) is 0 Å². The predicted octanol–water partition coefficient (Wildman–Crippen LogP) is 2.07. The molecular formula is C14H22Cl2N2O3S. The van der Waals surface area contributed by atoms with E-state index in [0.717, 1.165) is 5.56 Å². The van der Waals surface area contributed by atoms with Crippen LogP contribution >= 0.6 is 24.0 Å². The fraction of sp³-hybridized carbons (Fsp3) is 0.571. The third kappa shape index (κ3) is 5.08. The Morgan fingerprint density at radius 1 is 1.45 bits per heavy atom. The van der Waals surface area contributed by atoms with Crippen molar-refractivity contribution in [2.45, 2.75) is 13.0 Å². The van der Waals surface area contributed by atoms with E-state index in [1.807, 2.05) is 25.1 Å². The van der Waals surface area contributed by atoms with Gasteiger partial charge in [-0.15, -0.1) is 12.4 Å². The average Bonchev–Trinajstić information content (AvgIpc) is 2.47. The van der Waals surface area contributed by atoms with Gasteiger partial charge < -0.3 is 10.1 Å². The molecule has 8 heteroatoms. The minimum Gasteiger partial charge on any atom is -0.381 e. The molecule has 0 saturated carbocycles. The number of nitrogens with zero attached hydrogens (tertiary/aromatic N) is 1. The molecule has 0 aliphatic carbocycles. The summed E-state index contributed by atoms with van der Waals surface area (Å²) >= 11 is 6.02. The van der Waals surface area contributed by atoms with Gasteiger partial charge in [-0.2, -0.15) is 4.31 Å². The quantitative estimate of drug-likeness (QED) is 0.780. The highest BCUT2D eigenvalue weighted by Crippen LogP contribution is 2.27. The topological polar surface area (TPSA) is 58.6 Å². The number of hydrogen-bond acceptors (Lipinski definition) is 4. The van der Waals surface area contributed by atoms with E-state index in [-0.39, 0.29) is 30.8 Å². The fourth-order valence-electron chi connectivity index (χ4n) is 2.44. The van der Waals surface area contributed by atoms with Crippen LogP contribution in [0.5, 0.6) is 0 Å². The molecule has 0 radical (unpaired) electrons. The van der Waals surface area contributed by atoms with E-state index in [1.54, 1.807) is 10.4 Å². The standard InChI is InChI=1S/C14H21ClN2O3S.ClH/c1-2-20-8-9-21(18,19)17-7-6-16-11-14(17)12-4-3-5-13(15)10-12;/h3-5,10,14,16H,2,6-9,11H2,1H3;1H. The molecule has 1 atom stereocenters. The van der Waals surface area contributed by atoms with Gasteiger partial charge in [-0.25, -0.2) is 8.42 Å². The first-order chi connectivity index (χ1) is 10.0. The maximum Gasteiger partial charge on any atom is 0.217 e. The second kappa shape index (κ2) is 9.05. The highest BCUT2D eigenvalue weighted by Gasteiger charge is 2.32. The lowest BCUT2D eigenvalue weighted by Crippen LogP contribution is -2.49. The molecular weight excluding hydrogens is 347 g/mol. The number of nitrogens with one attached hydrogen (secondary N) is 1. The Bertz CT molecular complexity index is 569. The second-order valence-corrected chi connectivity index (χ2v) is 7.38. The van der Waals surface area contributed by atoms with Gasteiger partial charge in [0.05, 0.1) is 18.4 Å². The van der Waals surface area contributed by atoms with Gasteiger partial charge in [-0.3, -0.25) is 0 Å². The normalized spacial score (nSPS) is 19.6. The summed E-state index contributed by atoms with van der Waals surface area (Å²) in [5.41, 5.74) is 0.912. The van der Waals surface area contributed by atoms with Crippen LogP contribution in [0.25, 0.3) is 0 Å². The number of ether oxygens (including phenoxy) is 1. The molecule has 0 spiro atoms. The third-order valence-electron chi connectivity index (χ3n) is 3.47. The molecule has 1 aromatic rings. The van der Waals surface area contributed by atoms with Crippen LogP contribution < -0.4 is 5.32 Å². The number of piperazine rings is 1. The van der Waals surface area contributed by atoms with Crippen LogP contribution in [0.2, 0.25) is 5.02 Å². The Labute approximate surface area is 143 Å². The van der Waals surface area contributed by atoms with Crippen molar-refractivity contribution in [3.63, 3.8) is 0 Å². The maximum absolute atomic E-state index is 12.5. The summed E-state index contributed by atoms with van der Waals surface area (Å²) in [5.74, 6) is 0.0118. The summed E-state index contributed by atoms with van der Waals surface area (Å²) in [7, 11) is -3.34. The number of sulfonamides is 1. The lowest BCUT2D eigenvalue weighted by atomic mass is 10.1. The summed E-state index contributed by atoms with van der Waals surface area (Å²) in [6.45, 7) is 4.32. The van der Waals surface area contributed by atoms with Gasteiger partial charge in [0.25, 0.3) is 0 Å². The summed E-state index contributed by atoms with van der Waals surface area (Å²) in [5, 5.41) is 3.86. The molecule has 22 heavy (non-hydrogen) atoms. The van der Waals surface area contributed by atoms with E-state index in [4.69, 9.17) is 16.3 Å². The van der Waals surface area contributed by atoms with Crippen LogP contribution in [0, 0.1) is 0 Å². The zero-order valence-electron chi connectivity index (χ0n) is 12.5. The predicted molar refractivity (Wildman–Crippen MR) is 91.3 cm³/mol. The largest absolute Gasteiger partial charge is 0.381 e. The zero-order chi connectivity index (χ0) is 15.3. The molecule has 0 bridgehead atoms. The first-order valence-corrected chi connectivity index (χ1v) is 9.06. The molecule has 1 aliphatic rings. The lowest BCUT2D eigenvalue weighted by molar-refractivity contribution is 0.161. The van der Waals surface area contributed by atoms with Crippen molar-refractivity contribution >= 4 is 34.0 Å². The number of rotatable bonds is 6. The van der Waals surface area contributed by atoms with Crippen molar-refractivity contribution in [3.05, 3.63) is 34.9 Å². The van der Waals surface area contributed by atoms with Gasteiger partial charge in [-0.1, -0.05) is 23.7 Å². The molecule has 0 aromatic heterocycles. The van der Waals surface area contributed by atoms with Crippen molar-refractivity contribution in [1.29, 1.82) is 0 Å². The number of benzene rings is 1. The van der Waals surface area contributed by atoms with Gasteiger partial charge in [0.2, 0.25) is 10.0 Å². The van der Waals surface area contributed by atoms with Crippen LogP contribution in [0.3, 0.4) is 0 Å². The molecule has 5 nitrogen and oxygen atoms in total. The van der Waals surface area contributed by atoms with Crippen molar-refractivity contribution in [2.75, 3.05) is 38.6 Å². The number of halogens is 2. The zero-order valence-corrected chi connectivity index (χ0v) is 14.9. The Hall–Kier alpha value is -0.370. The van der Waals surface area contributed by atoms with Crippen LogP contribution in [-0.4, -0.2) is 51.3 Å².